The van der Waals surface area contributed by atoms with Crippen LogP contribution in [0.1, 0.15) is 71.6 Å². The maximum Gasteiger partial charge on any atom is 0.133 e. The first-order valence-electron chi connectivity index (χ1n) is 8.14. The molecule has 0 aromatic heterocycles. The van der Waals surface area contributed by atoms with Gasteiger partial charge in [-0.3, -0.25) is 4.79 Å². The van der Waals surface area contributed by atoms with Crippen LogP contribution in [-0.2, 0) is 9.53 Å². The van der Waals surface area contributed by atoms with Crippen molar-refractivity contribution in [1.29, 1.82) is 0 Å². The summed E-state index contributed by atoms with van der Waals surface area (Å²) in [5.41, 5.74) is 0. The molecule has 19 heavy (non-hydrogen) atoms. The molecule has 0 radical (unpaired) electrons. The van der Waals surface area contributed by atoms with Crippen LogP contribution >= 0.6 is 0 Å². The molecule has 112 valence electrons. The highest BCUT2D eigenvalue weighted by Crippen LogP contribution is 2.32. The Morgan fingerprint density at radius 2 is 2.00 bits per heavy atom. The normalized spacial score (nSPS) is 25.5. The molecule has 1 fully saturated rings. The van der Waals surface area contributed by atoms with Gasteiger partial charge in [-0.15, -0.1) is 0 Å². The van der Waals surface area contributed by atoms with E-state index in [2.05, 4.69) is 13.8 Å². The summed E-state index contributed by atoms with van der Waals surface area (Å²) in [6, 6.07) is 0. The van der Waals surface area contributed by atoms with Crippen LogP contribution in [0.5, 0.6) is 0 Å². The van der Waals surface area contributed by atoms with Crippen LogP contribution in [0.15, 0.2) is 0 Å². The van der Waals surface area contributed by atoms with Gasteiger partial charge in [-0.05, 0) is 37.0 Å². The summed E-state index contributed by atoms with van der Waals surface area (Å²) < 4.78 is 5.07. The quantitative estimate of drug-likeness (QED) is 0.571. The molecule has 2 heteroatoms. The first-order valence-corrected chi connectivity index (χ1v) is 8.14. The molecule has 1 rings (SSSR count). The van der Waals surface area contributed by atoms with Crippen molar-refractivity contribution in [1.82, 2.24) is 0 Å². The van der Waals surface area contributed by atoms with Crippen LogP contribution in [0.25, 0.3) is 0 Å². The molecule has 0 heterocycles. The maximum absolute atomic E-state index is 11.5. The first kappa shape index (κ1) is 16.7. The van der Waals surface area contributed by atoms with E-state index in [0.29, 0.717) is 11.7 Å². The Labute approximate surface area is 119 Å². The zero-order chi connectivity index (χ0) is 14.1. The van der Waals surface area contributed by atoms with E-state index in [0.717, 1.165) is 37.7 Å². The van der Waals surface area contributed by atoms with Gasteiger partial charge in [-0.25, -0.2) is 0 Å². The summed E-state index contributed by atoms with van der Waals surface area (Å²) in [5.74, 6) is 2.75. The van der Waals surface area contributed by atoms with Crippen LogP contribution < -0.4 is 0 Å². The molecule has 0 aromatic rings. The minimum atomic E-state index is 0.496. The van der Waals surface area contributed by atoms with Gasteiger partial charge in [0.05, 0.1) is 0 Å². The van der Waals surface area contributed by atoms with Gasteiger partial charge in [0.1, 0.15) is 5.78 Å². The lowest BCUT2D eigenvalue weighted by molar-refractivity contribution is -0.122. The summed E-state index contributed by atoms with van der Waals surface area (Å²) >= 11 is 0. The second-order valence-corrected chi connectivity index (χ2v) is 6.54. The molecule has 0 bridgehead atoms. The number of ketones is 1. The van der Waals surface area contributed by atoms with Crippen LogP contribution in [0.2, 0.25) is 0 Å². The zero-order valence-electron chi connectivity index (χ0n) is 13.1. The second-order valence-electron chi connectivity index (χ2n) is 6.54. The Bertz CT molecular complexity index is 250. The van der Waals surface area contributed by atoms with E-state index in [1.54, 1.807) is 7.11 Å². The lowest BCUT2D eigenvalue weighted by Gasteiger charge is -2.28. The topological polar surface area (TPSA) is 26.3 Å². The highest BCUT2D eigenvalue weighted by Gasteiger charge is 2.25. The summed E-state index contributed by atoms with van der Waals surface area (Å²) in [4.78, 5) is 11.5. The molecule has 0 unspecified atom stereocenters. The molecule has 0 N–H and O–H groups in total. The minimum Gasteiger partial charge on any atom is -0.385 e. The van der Waals surface area contributed by atoms with E-state index >= 15 is 0 Å². The molecular formula is C17H32O2. The van der Waals surface area contributed by atoms with E-state index in [9.17, 15) is 4.79 Å². The van der Waals surface area contributed by atoms with Gasteiger partial charge in [-0.2, -0.15) is 0 Å². The average Bonchev–Trinajstić information content (AvgIpc) is 2.39. The van der Waals surface area contributed by atoms with Gasteiger partial charge in [0, 0.05) is 26.6 Å². The third-order valence-electron chi connectivity index (χ3n) is 4.74. The fraction of sp³-hybridized carbons (Fsp3) is 0.941. The Morgan fingerprint density at radius 1 is 1.26 bits per heavy atom. The SMILES string of the molecule is COCCCC[C@H](C)CCC[C@@H]1CC(=O)CC[C@H]1C. The van der Waals surface area contributed by atoms with Gasteiger partial charge in [0.25, 0.3) is 0 Å². The standard InChI is InChI=1S/C17H32O2/c1-14(7-4-5-12-19-3)8-6-9-16-13-17(18)11-10-15(16)2/h14-16H,4-13H2,1-3H3/t14-,15+,16+/m0/s1. The van der Waals surface area contributed by atoms with Gasteiger partial charge in [0.2, 0.25) is 0 Å². The summed E-state index contributed by atoms with van der Waals surface area (Å²) in [7, 11) is 1.77. The van der Waals surface area contributed by atoms with Crippen molar-refractivity contribution in [3.8, 4) is 0 Å². The minimum absolute atomic E-state index is 0.496. The van der Waals surface area contributed by atoms with E-state index in [1.807, 2.05) is 0 Å². The van der Waals surface area contributed by atoms with Crippen molar-refractivity contribution in [2.45, 2.75) is 71.6 Å². The molecule has 0 aromatic carbocycles. The number of carbonyl (C=O) groups is 1. The van der Waals surface area contributed by atoms with Gasteiger partial charge < -0.3 is 4.74 Å². The number of ether oxygens (including phenoxy) is 1. The fourth-order valence-corrected chi connectivity index (χ4v) is 3.22. The monoisotopic (exact) mass is 268 g/mol. The third-order valence-corrected chi connectivity index (χ3v) is 4.74. The highest BCUT2D eigenvalue weighted by atomic mass is 16.5. The molecule has 2 nitrogen and oxygen atoms in total. The molecule has 3 atom stereocenters. The number of rotatable bonds is 9. The van der Waals surface area contributed by atoms with Gasteiger partial charge in [-0.1, -0.05) is 39.5 Å². The Hall–Kier alpha value is -0.370. The molecule has 0 amide bonds. The van der Waals surface area contributed by atoms with E-state index in [1.165, 1.54) is 38.5 Å². The number of methoxy groups -OCH3 is 1. The summed E-state index contributed by atoms with van der Waals surface area (Å²) in [6.07, 6.45) is 10.5. The number of carbonyl (C=O) groups excluding carboxylic acids is 1. The predicted molar refractivity (Wildman–Crippen MR) is 80.3 cm³/mol. The van der Waals surface area contributed by atoms with E-state index < -0.39 is 0 Å². The molecule has 1 aliphatic carbocycles. The Morgan fingerprint density at radius 3 is 2.74 bits per heavy atom. The number of unbranched alkanes of at least 4 members (excludes halogenated alkanes) is 1. The van der Waals surface area contributed by atoms with Gasteiger partial charge in [0.15, 0.2) is 0 Å². The molecule has 1 saturated carbocycles. The van der Waals surface area contributed by atoms with Crippen molar-refractivity contribution in [2.24, 2.45) is 17.8 Å². The fourth-order valence-electron chi connectivity index (χ4n) is 3.22. The molecule has 0 aliphatic heterocycles. The van der Waals surface area contributed by atoms with Crippen LogP contribution in [0.4, 0.5) is 0 Å². The van der Waals surface area contributed by atoms with Crippen molar-refractivity contribution in [3.05, 3.63) is 0 Å². The smallest absolute Gasteiger partial charge is 0.133 e. The number of Topliss-reactive ketones (excluding diaryl/α,β-unsaturated/α-hetero) is 1. The largest absolute Gasteiger partial charge is 0.385 e. The number of hydrogen-bond donors (Lipinski definition) is 0. The van der Waals surface area contributed by atoms with E-state index in [4.69, 9.17) is 4.74 Å². The Balaban J connectivity index is 2.06. The van der Waals surface area contributed by atoms with Crippen molar-refractivity contribution < 1.29 is 9.53 Å². The van der Waals surface area contributed by atoms with Crippen LogP contribution in [-0.4, -0.2) is 19.5 Å². The highest BCUT2D eigenvalue weighted by molar-refractivity contribution is 5.79. The van der Waals surface area contributed by atoms with Crippen molar-refractivity contribution in [3.63, 3.8) is 0 Å². The van der Waals surface area contributed by atoms with E-state index in [-0.39, 0.29) is 0 Å². The van der Waals surface area contributed by atoms with Crippen molar-refractivity contribution >= 4 is 5.78 Å². The summed E-state index contributed by atoms with van der Waals surface area (Å²) in [6.45, 7) is 5.59. The number of hydrogen-bond acceptors (Lipinski definition) is 2. The predicted octanol–water partition coefficient (Wildman–Crippen LogP) is 4.61. The van der Waals surface area contributed by atoms with Crippen molar-refractivity contribution in [2.75, 3.05) is 13.7 Å². The Kier molecular flexibility index (Phi) is 8.36. The first-order chi connectivity index (χ1) is 9.13. The second kappa shape index (κ2) is 9.52. The maximum atomic E-state index is 11.5. The zero-order valence-corrected chi connectivity index (χ0v) is 13.1. The lowest BCUT2D eigenvalue weighted by Crippen LogP contribution is -2.23. The molecule has 0 saturated heterocycles. The lowest BCUT2D eigenvalue weighted by atomic mass is 9.77. The van der Waals surface area contributed by atoms with Gasteiger partial charge >= 0.3 is 0 Å². The molecular weight excluding hydrogens is 236 g/mol. The average molecular weight is 268 g/mol. The molecule has 0 spiro atoms. The van der Waals surface area contributed by atoms with Crippen LogP contribution in [0.3, 0.4) is 0 Å². The molecule has 1 aliphatic rings. The summed E-state index contributed by atoms with van der Waals surface area (Å²) in [5, 5.41) is 0. The van der Waals surface area contributed by atoms with Crippen LogP contribution in [0, 0.1) is 17.8 Å². The third kappa shape index (κ3) is 7.10.